The van der Waals surface area contributed by atoms with Gasteiger partial charge < -0.3 is 10.2 Å². The standard InChI is InChI=1S/C20H22N4O/c1-15-22-19-8-7-17(23-11-9-21-10-12-23)13-18(19)20(25)24(15)14-16-5-3-2-4-6-16/h2-8,13,21H,9-12,14H2,1H3. The fourth-order valence-corrected chi connectivity index (χ4v) is 3.39. The van der Waals surface area contributed by atoms with Gasteiger partial charge in [-0.3, -0.25) is 9.36 Å². The minimum Gasteiger partial charge on any atom is -0.369 e. The van der Waals surface area contributed by atoms with Crippen LogP contribution in [0.25, 0.3) is 10.9 Å². The molecule has 1 aromatic heterocycles. The van der Waals surface area contributed by atoms with Crippen molar-refractivity contribution in [1.29, 1.82) is 0 Å². The monoisotopic (exact) mass is 334 g/mol. The minimum atomic E-state index is 0.0309. The Morgan fingerprint density at radius 3 is 2.60 bits per heavy atom. The molecule has 1 fully saturated rings. The summed E-state index contributed by atoms with van der Waals surface area (Å²) in [6.07, 6.45) is 0. The zero-order valence-electron chi connectivity index (χ0n) is 14.4. The van der Waals surface area contributed by atoms with Crippen LogP contribution in [0.5, 0.6) is 0 Å². The van der Waals surface area contributed by atoms with E-state index in [9.17, 15) is 4.79 Å². The van der Waals surface area contributed by atoms with E-state index in [1.54, 1.807) is 4.57 Å². The molecule has 0 aliphatic carbocycles. The van der Waals surface area contributed by atoms with Gasteiger partial charge in [0.05, 0.1) is 17.4 Å². The van der Waals surface area contributed by atoms with Crippen LogP contribution in [-0.4, -0.2) is 35.7 Å². The molecular formula is C20H22N4O. The van der Waals surface area contributed by atoms with E-state index in [2.05, 4.69) is 21.3 Å². The predicted octanol–water partition coefficient (Wildman–Crippen LogP) is 2.16. The maximum absolute atomic E-state index is 13.1. The number of aromatic nitrogens is 2. The van der Waals surface area contributed by atoms with Gasteiger partial charge in [-0.2, -0.15) is 0 Å². The summed E-state index contributed by atoms with van der Waals surface area (Å²) in [4.78, 5) is 20.0. The van der Waals surface area contributed by atoms with Crippen molar-refractivity contribution in [3.8, 4) is 0 Å². The normalized spacial score (nSPS) is 14.8. The third-order valence-corrected chi connectivity index (χ3v) is 4.79. The number of nitrogens with zero attached hydrogens (tertiary/aromatic N) is 3. The van der Waals surface area contributed by atoms with Crippen molar-refractivity contribution < 1.29 is 0 Å². The molecule has 4 rings (SSSR count). The van der Waals surface area contributed by atoms with Gasteiger partial charge in [0.2, 0.25) is 0 Å². The number of rotatable bonds is 3. The van der Waals surface area contributed by atoms with Gasteiger partial charge in [0.1, 0.15) is 5.82 Å². The van der Waals surface area contributed by atoms with Gasteiger partial charge in [-0.25, -0.2) is 4.98 Å². The Hall–Kier alpha value is -2.66. The van der Waals surface area contributed by atoms with Crippen molar-refractivity contribution in [2.45, 2.75) is 13.5 Å². The fraction of sp³-hybridized carbons (Fsp3) is 0.300. The lowest BCUT2D eigenvalue weighted by Crippen LogP contribution is -2.43. The van der Waals surface area contributed by atoms with Crippen molar-refractivity contribution in [3.05, 3.63) is 70.3 Å². The number of benzene rings is 2. The SMILES string of the molecule is Cc1nc2ccc(N3CCNCC3)cc2c(=O)n1Cc1ccccc1. The Bertz CT molecular complexity index is 943. The van der Waals surface area contributed by atoms with Crippen LogP contribution in [0.4, 0.5) is 5.69 Å². The molecule has 1 aliphatic rings. The molecule has 1 saturated heterocycles. The molecular weight excluding hydrogens is 312 g/mol. The van der Waals surface area contributed by atoms with E-state index in [1.807, 2.05) is 49.4 Å². The number of aryl methyl sites for hydroxylation is 1. The van der Waals surface area contributed by atoms with Crippen LogP contribution in [0.3, 0.4) is 0 Å². The molecule has 0 saturated carbocycles. The molecule has 0 unspecified atom stereocenters. The molecule has 3 aromatic rings. The zero-order valence-corrected chi connectivity index (χ0v) is 14.4. The van der Waals surface area contributed by atoms with Crippen molar-refractivity contribution in [3.63, 3.8) is 0 Å². The summed E-state index contributed by atoms with van der Waals surface area (Å²) < 4.78 is 1.76. The first-order chi connectivity index (χ1) is 12.2. The van der Waals surface area contributed by atoms with Crippen molar-refractivity contribution in [1.82, 2.24) is 14.9 Å². The van der Waals surface area contributed by atoms with E-state index in [0.29, 0.717) is 11.9 Å². The van der Waals surface area contributed by atoms with Crippen LogP contribution in [0.15, 0.2) is 53.3 Å². The number of piperazine rings is 1. The molecule has 2 aromatic carbocycles. The van der Waals surface area contributed by atoms with Gasteiger partial charge in [0.15, 0.2) is 0 Å². The third-order valence-electron chi connectivity index (χ3n) is 4.79. The molecule has 0 atom stereocenters. The minimum absolute atomic E-state index is 0.0309. The molecule has 2 heterocycles. The second kappa shape index (κ2) is 6.69. The number of hydrogen-bond acceptors (Lipinski definition) is 4. The summed E-state index contributed by atoms with van der Waals surface area (Å²) in [5.74, 6) is 0.747. The average Bonchev–Trinajstić information content (AvgIpc) is 2.66. The van der Waals surface area contributed by atoms with Crippen LogP contribution < -0.4 is 15.8 Å². The quantitative estimate of drug-likeness (QED) is 0.797. The number of anilines is 1. The maximum Gasteiger partial charge on any atom is 0.261 e. The molecule has 25 heavy (non-hydrogen) atoms. The Morgan fingerprint density at radius 2 is 1.84 bits per heavy atom. The molecule has 1 N–H and O–H groups in total. The van der Waals surface area contributed by atoms with Crippen LogP contribution in [-0.2, 0) is 6.54 Å². The molecule has 5 heteroatoms. The van der Waals surface area contributed by atoms with Gasteiger partial charge in [-0.1, -0.05) is 30.3 Å². The van der Waals surface area contributed by atoms with E-state index in [0.717, 1.165) is 48.8 Å². The van der Waals surface area contributed by atoms with Crippen molar-refractivity contribution in [2.75, 3.05) is 31.1 Å². The van der Waals surface area contributed by atoms with Gasteiger partial charge >= 0.3 is 0 Å². The first kappa shape index (κ1) is 15.8. The first-order valence-electron chi connectivity index (χ1n) is 8.73. The molecule has 0 amide bonds. The summed E-state index contributed by atoms with van der Waals surface area (Å²) in [7, 11) is 0. The zero-order chi connectivity index (χ0) is 17.2. The van der Waals surface area contributed by atoms with Gasteiger partial charge in [-0.15, -0.1) is 0 Å². The first-order valence-corrected chi connectivity index (χ1v) is 8.73. The molecule has 0 bridgehead atoms. The van der Waals surface area contributed by atoms with Crippen LogP contribution in [0.2, 0.25) is 0 Å². The summed E-state index contributed by atoms with van der Waals surface area (Å²) >= 11 is 0. The molecule has 1 aliphatic heterocycles. The van der Waals surface area contributed by atoms with Gasteiger partial charge in [-0.05, 0) is 30.7 Å². The highest BCUT2D eigenvalue weighted by Crippen LogP contribution is 2.20. The highest BCUT2D eigenvalue weighted by atomic mass is 16.1. The summed E-state index contributed by atoms with van der Waals surface area (Å²) in [6.45, 7) is 6.32. The smallest absolute Gasteiger partial charge is 0.261 e. The summed E-state index contributed by atoms with van der Waals surface area (Å²) in [5.41, 5.74) is 3.00. The lowest BCUT2D eigenvalue weighted by Gasteiger charge is -2.29. The Morgan fingerprint density at radius 1 is 1.08 bits per heavy atom. The van der Waals surface area contributed by atoms with E-state index in [-0.39, 0.29) is 5.56 Å². The second-order valence-electron chi connectivity index (χ2n) is 6.47. The molecule has 0 spiro atoms. The van der Waals surface area contributed by atoms with E-state index >= 15 is 0 Å². The van der Waals surface area contributed by atoms with Gasteiger partial charge in [0.25, 0.3) is 5.56 Å². The largest absolute Gasteiger partial charge is 0.369 e. The molecule has 128 valence electrons. The number of nitrogens with one attached hydrogen (secondary N) is 1. The molecule has 0 radical (unpaired) electrons. The summed E-state index contributed by atoms with van der Waals surface area (Å²) in [5, 5.41) is 4.05. The van der Waals surface area contributed by atoms with Crippen LogP contribution in [0.1, 0.15) is 11.4 Å². The van der Waals surface area contributed by atoms with Gasteiger partial charge in [0, 0.05) is 31.9 Å². The van der Waals surface area contributed by atoms with Crippen LogP contribution >= 0.6 is 0 Å². The van der Waals surface area contributed by atoms with Crippen LogP contribution in [0, 0.1) is 6.92 Å². The van der Waals surface area contributed by atoms with E-state index < -0.39 is 0 Å². The predicted molar refractivity (Wildman–Crippen MR) is 101 cm³/mol. The number of hydrogen-bond donors (Lipinski definition) is 1. The lowest BCUT2D eigenvalue weighted by atomic mass is 10.1. The van der Waals surface area contributed by atoms with E-state index in [1.165, 1.54) is 0 Å². The molecule has 5 nitrogen and oxygen atoms in total. The highest BCUT2D eigenvalue weighted by molar-refractivity contribution is 5.82. The van der Waals surface area contributed by atoms with Crippen molar-refractivity contribution >= 4 is 16.6 Å². The average molecular weight is 334 g/mol. The van der Waals surface area contributed by atoms with Crippen molar-refractivity contribution in [2.24, 2.45) is 0 Å². The Kier molecular flexibility index (Phi) is 4.24. The second-order valence-corrected chi connectivity index (χ2v) is 6.47. The fourth-order valence-electron chi connectivity index (χ4n) is 3.39. The number of fused-ring (bicyclic) bond motifs is 1. The summed E-state index contributed by atoms with van der Waals surface area (Å²) in [6, 6.07) is 16.1. The Balaban J connectivity index is 1.77. The lowest BCUT2D eigenvalue weighted by molar-refractivity contribution is 0.589. The van der Waals surface area contributed by atoms with E-state index in [4.69, 9.17) is 0 Å². The highest BCUT2D eigenvalue weighted by Gasteiger charge is 2.14. The third kappa shape index (κ3) is 3.15. The Labute approximate surface area is 146 Å². The topological polar surface area (TPSA) is 50.2 Å². The maximum atomic E-state index is 13.1.